The molecule has 0 bridgehead atoms. The quantitative estimate of drug-likeness (QED) is 0.750. The molecule has 0 unspecified atom stereocenters. The van der Waals surface area contributed by atoms with Crippen molar-refractivity contribution in [3.05, 3.63) is 29.2 Å². The molecule has 5 rings (SSSR count). The van der Waals surface area contributed by atoms with Gasteiger partial charge in [-0.1, -0.05) is 25.4 Å². The number of fused-ring (bicyclic) bond motifs is 1. The van der Waals surface area contributed by atoms with Crippen LogP contribution in [0.2, 0.25) is 5.02 Å². The van der Waals surface area contributed by atoms with Gasteiger partial charge in [-0.3, -0.25) is 14.3 Å². The molecule has 170 valence electrons. The first-order valence-electron chi connectivity index (χ1n) is 11.4. The van der Waals surface area contributed by atoms with E-state index in [1.807, 2.05) is 21.8 Å². The third-order valence-electron chi connectivity index (χ3n) is 7.58. The number of anilines is 1. The molecule has 0 aromatic carbocycles. The van der Waals surface area contributed by atoms with Crippen molar-refractivity contribution in [1.82, 2.24) is 19.7 Å². The predicted molar refractivity (Wildman–Crippen MR) is 123 cm³/mol. The predicted octanol–water partition coefficient (Wildman–Crippen LogP) is 4.16. The van der Waals surface area contributed by atoms with Gasteiger partial charge in [-0.05, 0) is 48.5 Å². The Morgan fingerprint density at radius 2 is 1.97 bits per heavy atom. The fourth-order valence-electron chi connectivity index (χ4n) is 5.60. The van der Waals surface area contributed by atoms with Crippen molar-refractivity contribution in [3.8, 4) is 11.1 Å². The summed E-state index contributed by atoms with van der Waals surface area (Å²) in [5, 5.41) is 8.07. The van der Waals surface area contributed by atoms with Gasteiger partial charge in [0.05, 0.1) is 11.2 Å². The summed E-state index contributed by atoms with van der Waals surface area (Å²) in [7, 11) is 0. The number of carbonyl (C=O) groups excluding carboxylic acids is 2. The Hall–Kier alpha value is -2.41. The summed E-state index contributed by atoms with van der Waals surface area (Å²) >= 11 is 6.48. The smallest absolute Gasteiger partial charge is 0.225 e. The van der Waals surface area contributed by atoms with E-state index in [0.29, 0.717) is 23.2 Å². The van der Waals surface area contributed by atoms with Crippen LogP contribution in [0.5, 0.6) is 0 Å². The van der Waals surface area contributed by atoms with Crippen molar-refractivity contribution < 1.29 is 9.59 Å². The molecule has 2 aromatic heterocycles. The van der Waals surface area contributed by atoms with E-state index >= 15 is 0 Å². The highest BCUT2D eigenvalue weighted by atomic mass is 35.5. The van der Waals surface area contributed by atoms with Crippen molar-refractivity contribution in [2.45, 2.75) is 59.4 Å². The molecule has 1 saturated carbocycles. The molecule has 32 heavy (non-hydrogen) atoms. The molecule has 3 aliphatic rings. The Morgan fingerprint density at radius 1 is 1.22 bits per heavy atom. The van der Waals surface area contributed by atoms with Crippen LogP contribution in [0.15, 0.2) is 18.5 Å². The molecule has 7 nitrogen and oxygen atoms in total. The van der Waals surface area contributed by atoms with Gasteiger partial charge in [-0.25, -0.2) is 4.98 Å². The first kappa shape index (κ1) is 21.4. The Morgan fingerprint density at radius 3 is 2.69 bits per heavy atom. The number of nitrogens with one attached hydrogen (secondary N) is 1. The van der Waals surface area contributed by atoms with Gasteiger partial charge in [-0.15, -0.1) is 0 Å². The molecular weight excluding hydrogens is 426 g/mol. The molecule has 1 atom stereocenters. The molecule has 0 radical (unpaired) electrons. The summed E-state index contributed by atoms with van der Waals surface area (Å²) in [5.41, 5.74) is 3.47. The Labute approximate surface area is 193 Å². The van der Waals surface area contributed by atoms with E-state index in [2.05, 4.69) is 29.2 Å². The monoisotopic (exact) mass is 455 g/mol. The first-order valence-corrected chi connectivity index (χ1v) is 11.8. The maximum Gasteiger partial charge on any atom is 0.225 e. The van der Waals surface area contributed by atoms with E-state index < -0.39 is 0 Å². The molecular formula is C24H30ClN5O2. The van der Waals surface area contributed by atoms with Gasteiger partial charge in [0.2, 0.25) is 11.8 Å². The summed E-state index contributed by atoms with van der Waals surface area (Å²) in [5.74, 6) is 1.05. The summed E-state index contributed by atoms with van der Waals surface area (Å²) < 4.78 is 2.05. The molecule has 8 heteroatoms. The number of rotatable bonds is 4. The van der Waals surface area contributed by atoms with E-state index in [0.717, 1.165) is 56.4 Å². The number of pyridine rings is 1. The number of hydrogen-bond donors (Lipinski definition) is 1. The van der Waals surface area contributed by atoms with Crippen LogP contribution in [0, 0.1) is 16.7 Å². The Balaban J connectivity index is 1.24. The Bertz CT molecular complexity index is 1080. The van der Waals surface area contributed by atoms with Crippen LogP contribution in [0.25, 0.3) is 11.1 Å². The highest BCUT2D eigenvalue weighted by Gasteiger charge is 2.55. The van der Waals surface area contributed by atoms with Crippen LogP contribution in [0.1, 0.15) is 52.1 Å². The average molecular weight is 456 g/mol. The maximum absolute atomic E-state index is 12.8. The SMILES string of the molecule is CC(=O)N1CCC2(CC1)C[C@H]2CC(=O)Nc1cc(-c2cnn3c2CC(C)(C)C3)c(Cl)cn1. The second kappa shape index (κ2) is 7.58. The third-order valence-corrected chi connectivity index (χ3v) is 7.88. The van der Waals surface area contributed by atoms with E-state index in [1.54, 1.807) is 13.1 Å². The highest BCUT2D eigenvalue weighted by molar-refractivity contribution is 6.33. The molecule has 1 spiro atoms. The number of amides is 2. The minimum absolute atomic E-state index is 0.0111. The van der Waals surface area contributed by atoms with Crippen molar-refractivity contribution in [1.29, 1.82) is 0 Å². The zero-order valence-electron chi connectivity index (χ0n) is 18.9. The highest BCUT2D eigenvalue weighted by Crippen LogP contribution is 2.61. The number of nitrogens with zero attached hydrogens (tertiary/aromatic N) is 4. The average Bonchev–Trinajstić information content (AvgIpc) is 3.06. The lowest BCUT2D eigenvalue weighted by Crippen LogP contribution is -2.38. The van der Waals surface area contributed by atoms with Crippen LogP contribution in [0.3, 0.4) is 0 Å². The third kappa shape index (κ3) is 3.91. The lowest BCUT2D eigenvalue weighted by molar-refractivity contribution is -0.130. The van der Waals surface area contributed by atoms with Gasteiger partial charge in [0.1, 0.15) is 5.82 Å². The van der Waals surface area contributed by atoms with E-state index in [1.165, 1.54) is 5.69 Å². The van der Waals surface area contributed by atoms with Gasteiger partial charge in [0, 0.05) is 56.0 Å². The molecule has 2 aromatic rings. The second-order valence-electron chi connectivity index (χ2n) is 10.6. The number of hydrogen-bond acceptors (Lipinski definition) is 4. The van der Waals surface area contributed by atoms with Crippen molar-refractivity contribution >= 4 is 29.2 Å². The number of aromatic nitrogens is 3. The normalized spacial score (nSPS) is 22.6. The maximum atomic E-state index is 12.8. The van der Waals surface area contributed by atoms with Crippen molar-refractivity contribution in [2.75, 3.05) is 18.4 Å². The largest absolute Gasteiger partial charge is 0.343 e. The number of piperidine rings is 1. The van der Waals surface area contributed by atoms with Gasteiger partial charge in [0.15, 0.2) is 0 Å². The van der Waals surface area contributed by atoms with E-state index in [9.17, 15) is 9.59 Å². The van der Waals surface area contributed by atoms with Crippen molar-refractivity contribution in [3.63, 3.8) is 0 Å². The van der Waals surface area contributed by atoms with Crippen LogP contribution in [0.4, 0.5) is 5.82 Å². The zero-order chi connectivity index (χ0) is 22.7. The molecule has 2 fully saturated rings. The molecule has 1 N–H and O–H groups in total. The zero-order valence-corrected chi connectivity index (χ0v) is 19.7. The van der Waals surface area contributed by atoms with Gasteiger partial charge in [-0.2, -0.15) is 5.10 Å². The second-order valence-corrected chi connectivity index (χ2v) is 11.0. The van der Waals surface area contributed by atoms with Crippen molar-refractivity contribution in [2.24, 2.45) is 16.7 Å². The molecule has 2 amide bonds. The first-order chi connectivity index (χ1) is 15.2. The summed E-state index contributed by atoms with van der Waals surface area (Å²) in [6.07, 6.45) is 7.97. The molecule has 4 heterocycles. The minimum Gasteiger partial charge on any atom is -0.343 e. The topological polar surface area (TPSA) is 80.1 Å². The van der Waals surface area contributed by atoms with Gasteiger partial charge < -0.3 is 10.2 Å². The fraction of sp³-hybridized carbons (Fsp3) is 0.583. The standard InChI is InChI=1S/C24H30ClN5O2/c1-15(31)29-6-4-24(5-7-29)10-16(24)8-22(32)28-21-9-17(19(25)13-26-21)18-12-27-30-14-23(2,3)11-20(18)30/h9,12-13,16H,4-8,10-11,14H2,1-3H3,(H,26,28,32)/t16-/m1/s1. The lowest BCUT2D eigenvalue weighted by atomic mass is 9.89. The molecule has 1 saturated heterocycles. The van der Waals surface area contributed by atoms with Gasteiger partial charge >= 0.3 is 0 Å². The number of carbonyl (C=O) groups is 2. The van der Waals surface area contributed by atoms with Crippen LogP contribution < -0.4 is 5.32 Å². The van der Waals surface area contributed by atoms with Crippen LogP contribution >= 0.6 is 11.6 Å². The van der Waals surface area contributed by atoms with Gasteiger partial charge in [0.25, 0.3) is 0 Å². The summed E-state index contributed by atoms with van der Waals surface area (Å²) in [6.45, 7) is 8.61. The van der Waals surface area contributed by atoms with Crippen LogP contribution in [-0.4, -0.2) is 44.6 Å². The lowest BCUT2D eigenvalue weighted by Gasteiger charge is -2.32. The number of likely N-dealkylation sites (tertiary alicyclic amines) is 1. The molecule has 1 aliphatic carbocycles. The van der Waals surface area contributed by atoms with Crippen LogP contribution in [-0.2, 0) is 22.6 Å². The fourth-order valence-corrected chi connectivity index (χ4v) is 5.81. The Kier molecular flexibility index (Phi) is 5.08. The van der Waals surface area contributed by atoms with E-state index in [-0.39, 0.29) is 22.6 Å². The molecule has 2 aliphatic heterocycles. The minimum atomic E-state index is -0.0111. The summed E-state index contributed by atoms with van der Waals surface area (Å²) in [4.78, 5) is 30.6. The number of halogens is 1. The summed E-state index contributed by atoms with van der Waals surface area (Å²) in [6, 6.07) is 1.86. The van der Waals surface area contributed by atoms with E-state index in [4.69, 9.17) is 11.6 Å².